The van der Waals surface area contributed by atoms with Crippen molar-refractivity contribution in [1.29, 1.82) is 0 Å². The van der Waals surface area contributed by atoms with Crippen molar-refractivity contribution in [1.82, 2.24) is 10.2 Å². The number of ether oxygens (including phenoxy) is 1. The lowest BCUT2D eigenvalue weighted by Gasteiger charge is -2.36. The first kappa shape index (κ1) is 13.5. The maximum atomic E-state index is 11.9. The van der Waals surface area contributed by atoms with Gasteiger partial charge in [0, 0.05) is 31.8 Å². The minimum absolute atomic E-state index is 0.219. The fraction of sp³-hybridized carbons (Fsp3) is 0.917. The number of amides is 1. The molecule has 0 spiro atoms. The van der Waals surface area contributed by atoms with Gasteiger partial charge in [-0.1, -0.05) is 6.92 Å². The number of hydrogen-bond acceptors (Lipinski definition) is 3. The molecular weight excluding hydrogens is 204 g/mol. The van der Waals surface area contributed by atoms with Crippen LogP contribution in [0.3, 0.4) is 0 Å². The minimum Gasteiger partial charge on any atom is -0.381 e. The van der Waals surface area contributed by atoms with Crippen molar-refractivity contribution < 1.29 is 9.53 Å². The summed E-state index contributed by atoms with van der Waals surface area (Å²) in [7, 11) is 0. The molecular formula is C12H24N2O2. The second-order valence-corrected chi connectivity index (χ2v) is 4.63. The van der Waals surface area contributed by atoms with Crippen molar-refractivity contribution in [2.24, 2.45) is 0 Å². The molecule has 4 heteroatoms. The summed E-state index contributed by atoms with van der Waals surface area (Å²) in [6, 6.07) is 0.786. The van der Waals surface area contributed by atoms with Gasteiger partial charge in [-0.05, 0) is 20.3 Å². The van der Waals surface area contributed by atoms with Gasteiger partial charge in [-0.2, -0.15) is 0 Å². The molecule has 1 rings (SSSR count). The lowest BCUT2D eigenvalue weighted by Crippen LogP contribution is -2.55. The molecule has 1 N–H and O–H groups in total. The molecule has 2 unspecified atom stereocenters. The Bertz CT molecular complexity index is 211. The monoisotopic (exact) mass is 228 g/mol. The molecule has 1 saturated heterocycles. The van der Waals surface area contributed by atoms with Gasteiger partial charge in [0.1, 0.15) is 0 Å². The van der Waals surface area contributed by atoms with Crippen LogP contribution in [0.1, 0.15) is 33.6 Å². The van der Waals surface area contributed by atoms with Crippen molar-refractivity contribution in [3.05, 3.63) is 0 Å². The molecule has 0 aliphatic carbocycles. The molecule has 94 valence electrons. The SMILES string of the molecule is CCCOCCC(=O)N1CC(C)NC(C)C1. The van der Waals surface area contributed by atoms with Crippen LogP contribution in [0.25, 0.3) is 0 Å². The van der Waals surface area contributed by atoms with Gasteiger partial charge in [-0.25, -0.2) is 0 Å². The Morgan fingerprint density at radius 2 is 1.94 bits per heavy atom. The summed E-state index contributed by atoms with van der Waals surface area (Å²) in [5.41, 5.74) is 0. The number of carbonyl (C=O) groups excluding carboxylic acids is 1. The normalized spacial score (nSPS) is 25.8. The quantitative estimate of drug-likeness (QED) is 0.714. The van der Waals surface area contributed by atoms with Crippen molar-refractivity contribution in [3.63, 3.8) is 0 Å². The zero-order valence-electron chi connectivity index (χ0n) is 10.7. The first-order valence-corrected chi connectivity index (χ1v) is 6.25. The maximum absolute atomic E-state index is 11.9. The molecule has 1 heterocycles. The molecule has 0 aromatic rings. The largest absolute Gasteiger partial charge is 0.381 e. The Hall–Kier alpha value is -0.610. The van der Waals surface area contributed by atoms with Crippen LogP contribution in [-0.4, -0.2) is 49.2 Å². The first-order chi connectivity index (χ1) is 7.63. The van der Waals surface area contributed by atoms with E-state index in [1.165, 1.54) is 0 Å². The highest BCUT2D eigenvalue weighted by molar-refractivity contribution is 5.76. The summed E-state index contributed by atoms with van der Waals surface area (Å²) >= 11 is 0. The number of piperazine rings is 1. The lowest BCUT2D eigenvalue weighted by molar-refractivity contribution is -0.134. The zero-order chi connectivity index (χ0) is 12.0. The van der Waals surface area contributed by atoms with Gasteiger partial charge in [0.05, 0.1) is 13.0 Å². The predicted octanol–water partition coefficient (Wildman–Crippen LogP) is 1.01. The van der Waals surface area contributed by atoms with Crippen LogP contribution in [0.15, 0.2) is 0 Å². The summed E-state index contributed by atoms with van der Waals surface area (Å²) in [5, 5.41) is 3.42. The van der Waals surface area contributed by atoms with E-state index in [0.717, 1.165) is 26.1 Å². The second kappa shape index (κ2) is 6.86. The summed E-state index contributed by atoms with van der Waals surface area (Å²) < 4.78 is 5.33. The van der Waals surface area contributed by atoms with Crippen LogP contribution in [0.4, 0.5) is 0 Å². The third-order valence-corrected chi connectivity index (χ3v) is 2.72. The summed E-state index contributed by atoms with van der Waals surface area (Å²) in [5.74, 6) is 0.219. The van der Waals surface area contributed by atoms with Crippen LogP contribution in [0.5, 0.6) is 0 Å². The number of hydrogen-bond donors (Lipinski definition) is 1. The molecule has 0 radical (unpaired) electrons. The molecule has 1 aliphatic heterocycles. The molecule has 1 amide bonds. The highest BCUT2D eigenvalue weighted by Gasteiger charge is 2.24. The Kier molecular flexibility index (Phi) is 5.77. The van der Waals surface area contributed by atoms with E-state index >= 15 is 0 Å². The maximum Gasteiger partial charge on any atom is 0.224 e. The third-order valence-electron chi connectivity index (χ3n) is 2.72. The van der Waals surface area contributed by atoms with E-state index in [1.54, 1.807) is 0 Å². The highest BCUT2D eigenvalue weighted by atomic mass is 16.5. The van der Waals surface area contributed by atoms with Gasteiger partial charge in [-0.15, -0.1) is 0 Å². The van der Waals surface area contributed by atoms with E-state index in [9.17, 15) is 4.79 Å². The molecule has 1 fully saturated rings. The summed E-state index contributed by atoms with van der Waals surface area (Å²) in [4.78, 5) is 13.8. The molecule has 1 aliphatic rings. The van der Waals surface area contributed by atoms with Crippen LogP contribution in [0, 0.1) is 0 Å². The van der Waals surface area contributed by atoms with E-state index in [2.05, 4.69) is 26.1 Å². The standard InChI is InChI=1S/C12H24N2O2/c1-4-6-16-7-5-12(15)14-8-10(2)13-11(3)9-14/h10-11,13H,4-9H2,1-3H3. The fourth-order valence-corrected chi connectivity index (χ4v) is 2.09. The van der Waals surface area contributed by atoms with E-state index < -0.39 is 0 Å². The number of carbonyl (C=O) groups is 1. The second-order valence-electron chi connectivity index (χ2n) is 4.63. The molecule has 0 bridgehead atoms. The first-order valence-electron chi connectivity index (χ1n) is 6.25. The van der Waals surface area contributed by atoms with Crippen molar-refractivity contribution >= 4 is 5.91 Å². The zero-order valence-corrected chi connectivity index (χ0v) is 10.7. The highest BCUT2D eigenvalue weighted by Crippen LogP contribution is 2.06. The smallest absolute Gasteiger partial charge is 0.224 e. The van der Waals surface area contributed by atoms with Crippen molar-refractivity contribution in [3.8, 4) is 0 Å². The molecule has 4 nitrogen and oxygen atoms in total. The van der Waals surface area contributed by atoms with Crippen molar-refractivity contribution in [2.45, 2.75) is 45.7 Å². The number of nitrogens with zero attached hydrogens (tertiary/aromatic N) is 1. The van der Waals surface area contributed by atoms with Gasteiger partial charge in [0.25, 0.3) is 0 Å². The van der Waals surface area contributed by atoms with Gasteiger partial charge < -0.3 is 15.0 Å². The van der Waals surface area contributed by atoms with E-state index in [-0.39, 0.29) is 5.91 Å². The van der Waals surface area contributed by atoms with Gasteiger partial charge in [-0.3, -0.25) is 4.79 Å². The van der Waals surface area contributed by atoms with Crippen molar-refractivity contribution in [2.75, 3.05) is 26.3 Å². The van der Waals surface area contributed by atoms with Crippen LogP contribution in [-0.2, 0) is 9.53 Å². The Morgan fingerprint density at radius 3 is 2.50 bits per heavy atom. The van der Waals surface area contributed by atoms with Crippen LogP contribution >= 0.6 is 0 Å². The Labute approximate surface area is 98.3 Å². The molecule has 16 heavy (non-hydrogen) atoms. The van der Waals surface area contributed by atoms with Crippen LogP contribution < -0.4 is 5.32 Å². The topological polar surface area (TPSA) is 41.6 Å². The van der Waals surface area contributed by atoms with Gasteiger partial charge in [0.15, 0.2) is 0 Å². The number of rotatable bonds is 5. The average molecular weight is 228 g/mol. The summed E-state index contributed by atoms with van der Waals surface area (Å²) in [6.07, 6.45) is 1.52. The molecule has 0 aromatic carbocycles. The molecule has 0 saturated carbocycles. The Morgan fingerprint density at radius 1 is 1.31 bits per heavy atom. The van der Waals surface area contributed by atoms with Gasteiger partial charge >= 0.3 is 0 Å². The number of nitrogens with one attached hydrogen (secondary N) is 1. The van der Waals surface area contributed by atoms with Gasteiger partial charge in [0.2, 0.25) is 5.91 Å². The Balaban J connectivity index is 2.24. The van der Waals surface area contributed by atoms with E-state index in [0.29, 0.717) is 25.1 Å². The predicted molar refractivity (Wildman–Crippen MR) is 64.4 cm³/mol. The minimum atomic E-state index is 0.219. The van der Waals surface area contributed by atoms with Crippen LogP contribution in [0.2, 0.25) is 0 Å². The van der Waals surface area contributed by atoms with E-state index in [4.69, 9.17) is 4.74 Å². The third kappa shape index (κ3) is 4.49. The van der Waals surface area contributed by atoms with E-state index in [1.807, 2.05) is 4.90 Å². The lowest BCUT2D eigenvalue weighted by atomic mass is 10.1. The molecule has 0 aromatic heterocycles. The summed E-state index contributed by atoms with van der Waals surface area (Å²) in [6.45, 7) is 9.24. The molecule has 2 atom stereocenters. The average Bonchev–Trinajstić information content (AvgIpc) is 2.22. The fourth-order valence-electron chi connectivity index (χ4n) is 2.09.